The first-order valence-corrected chi connectivity index (χ1v) is 6.96. The van der Waals surface area contributed by atoms with Crippen molar-refractivity contribution in [2.45, 2.75) is 64.8 Å². The van der Waals surface area contributed by atoms with Gasteiger partial charge in [0, 0.05) is 19.4 Å². The fraction of sp³-hybridized carbons (Fsp3) is 0.857. The second kappa shape index (κ2) is 7.39. The lowest BCUT2D eigenvalue weighted by molar-refractivity contribution is -0.137. The Kier molecular flexibility index (Phi) is 6.16. The van der Waals surface area contributed by atoms with Gasteiger partial charge in [0.2, 0.25) is 5.91 Å². The van der Waals surface area contributed by atoms with E-state index in [0.29, 0.717) is 12.3 Å². The van der Waals surface area contributed by atoms with Gasteiger partial charge in [-0.2, -0.15) is 0 Å². The number of nitrogens with one attached hydrogen (secondary N) is 1. The van der Waals surface area contributed by atoms with Gasteiger partial charge >= 0.3 is 5.97 Å². The fourth-order valence-corrected chi connectivity index (χ4v) is 3.01. The van der Waals surface area contributed by atoms with Crippen LogP contribution in [0.25, 0.3) is 0 Å². The van der Waals surface area contributed by atoms with Crippen LogP contribution < -0.4 is 5.32 Å². The number of amides is 1. The normalized spacial score (nSPS) is 25.4. The van der Waals surface area contributed by atoms with Gasteiger partial charge < -0.3 is 10.4 Å². The van der Waals surface area contributed by atoms with E-state index >= 15 is 0 Å². The number of carbonyl (C=O) groups is 2. The number of hydrogen-bond acceptors (Lipinski definition) is 2. The van der Waals surface area contributed by atoms with Gasteiger partial charge in [-0.25, -0.2) is 0 Å². The van der Waals surface area contributed by atoms with Crippen molar-refractivity contribution in [3.63, 3.8) is 0 Å². The number of carbonyl (C=O) groups excluding carboxylic acids is 1. The molecular formula is C14H25NO3. The van der Waals surface area contributed by atoms with Crippen molar-refractivity contribution in [3.8, 4) is 0 Å². The zero-order chi connectivity index (χ0) is 13.5. The van der Waals surface area contributed by atoms with Crippen molar-refractivity contribution in [2.24, 2.45) is 11.8 Å². The van der Waals surface area contributed by atoms with Crippen LogP contribution in [0.5, 0.6) is 0 Å². The summed E-state index contributed by atoms with van der Waals surface area (Å²) in [7, 11) is 0. The molecule has 0 radical (unpaired) electrons. The van der Waals surface area contributed by atoms with Crippen LogP contribution in [0.2, 0.25) is 0 Å². The van der Waals surface area contributed by atoms with Crippen LogP contribution in [-0.2, 0) is 9.59 Å². The predicted molar refractivity (Wildman–Crippen MR) is 70.2 cm³/mol. The molecule has 1 rings (SSSR count). The summed E-state index contributed by atoms with van der Waals surface area (Å²) in [4.78, 5) is 21.8. The van der Waals surface area contributed by atoms with Gasteiger partial charge in [-0.15, -0.1) is 0 Å². The molecule has 1 aliphatic rings. The highest BCUT2D eigenvalue weighted by Crippen LogP contribution is 2.32. The summed E-state index contributed by atoms with van der Waals surface area (Å²) in [5.41, 5.74) is 0. The first-order chi connectivity index (χ1) is 8.47. The molecule has 4 nitrogen and oxygen atoms in total. The van der Waals surface area contributed by atoms with Crippen molar-refractivity contribution in [3.05, 3.63) is 0 Å². The molecule has 0 bridgehead atoms. The van der Waals surface area contributed by atoms with Crippen LogP contribution in [0.1, 0.15) is 58.8 Å². The van der Waals surface area contributed by atoms with Crippen LogP contribution in [0.3, 0.4) is 0 Å². The third-order valence-corrected chi connectivity index (χ3v) is 3.78. The van der Waals surface area contributed by atoms with Crippen LogP contribution in [-0.4, -0.2) is 23.0 Å². The summed E-state index contributed by atoms with van der Waals surface area (Å²) >= 11 is 0. The highest BCUT2D eigenvalue weighted by Gasteiger charge is 2.23. The average molecular weight is 255 g/mol. The summed E-state index contributed by atoms with van der Waals surface area (Å²) in [6, 6.07) is 0.0221. The summed E-state index contributed by atoms with van der Waals surface area (Å²) in [6.07, 6.45) is 6.59. The third-order valence-electron chi connectivity index (χ3n) is 3.78. The minimum atomic E-state index is -0.789. The van der Waals surface area contributed by atoms with Crippen LogP contribution in [0, 0.1) is 11.8 Å². The standard InChI is InChI=1S/C14H25NO3/c1-10-4-3-5-12(8-10)9-13(15-11(2)16)6-7-14(17)18/h10,12-13H,3-9H2,1-2H3,(H,15,16)(H,17,18). The van der Waals surface area contributed by atoms with E-state index in [1.807, 2.05) is 0 Å². The lowest BCUT2D eigenvalue weighted by atomic mass is 9.79. The molecule has 2 N–H and O–H groups in total. The predicted octanol–water partition coefficient (Wildman–Crippen LogP) is 2.57. The monoisotopic (exact) mass is 255 g/mol. The van der Waals surface area contributed by atoms with Crippen molar-refractivity contribution >= 4 is 11.9 Å². The summed E-state index contributed by atoms with van der Waals surface area (Å²) in [6.45, 7) is 3.77. The van der Waals surface area contributed by atoms with Gasteiger partial charge in [-0.05, 0) is 31.1 Å². The van der Waals surface area contributed by atoms with E-state index < -0.39 is 5.97 Å². The number of rotatable bonds is 6. The zero-order valence-corrected chi connectivity index (χ0v) is 11.4. The molecule has 0 spiro atoms. The van der Waals surface area contributed by atoms with Crippen molar-refractivity contribution in [2.75, 3.05) is 0 Å². The largest absolute Gasteiger partial charge is 0.481 e. The molecular weight excluding hydrogens is 230 g/mol. The van der Waals surface area contributed by atoms with E-state index in [4.69, 9.17) is 5.11 Å². The zero-order valence-electron chi connectivity index (χ0n) is 11.4. The van der Waals surface area contributed by atoms with Crippen LogP contribution in [0.15, 0.2) is 0 Å². The van der Waals surface area contributed by atoms with Crippen molar-refractivity contribution in [1.29, 1.82) is 0 Å². The van der Waals surface area contributed by atoms with Gasteiger partial charge in [0.25, 0.3) is 0 Å². The third kappa shape index (κ3) is 6.03. The summed E-state index contributed by atoms with van der Waals surface area (Å²) in [5.74, 6) is 0.553. The fourth-order valence-electron chi connectivity index (χ4n) is 3.01. The average Bonchev–Trinajstić information content (AvgIpc) is 2.25. The van der Waals surface area contributed by atoms with Crippen molar-refractivity contribution < 1.29 is 14.7 Å². The Bertz CT molecular complexity index is 291. The highest BCUT2D eigenvalue weighted by atomic mass is 16.4. The Morgan fingerprint density at radius 3 is 2.67 bits per heavy atom. The summed E-state index contributed by atoms with van der Waals surface area (Å²) in [5, 5.41) is 11.6. The Labute approximate surface area is 109 Å². The maximum Gasteiger partial charge on any atom is 0.303 e. The minimum Gasteiger partial charge on any atom is -0.481 e. The Morgan fingerprint density at radius 2 is 2.11 bits per heavy atom. The number of hydrogen-bond donors (Lipinski definition) is 2. The lowest BCUT2D eigenvalue weighted by Crippen LogP contribution is -2.36. The second-order valence-electron chi connectivity index (χ2n) is 5.70. The molecule has 3 atom stereocenters. The van der Waals surface area contributed by atoms with E-state index in [2.05, 4.69) is 12.2 Å². The molecule has 3 unspecified atom stereocenters. The molecule has 1 fully saturated rings. The highest BCUT2D eigenvalue weighted by molar-refractivity contribution is 5.73. The molecule has 0 aromatic rings. The topological polar surface area (TPSA) is 66.4 Å². The molecule has 18 heavy (non-hydrogen) atoms. The van der Waals surface area contributed by atoms with E-state index in [9.17, 15) is 9.59 Å². The number of aliphatic carboxylic acids is 1. The van der Waals surface area contributed by atoms with E-state index in [-0.39, 0.29) is 18.4 Å². The molecule has 1 saturated carbocycles. The van der Waals surface area contributed by atoms with Gasteiger partial charge in [0.15, 0.2) is 0 Å². The molecule has 104 valence electrons. The lowest BCUT2D eigenvalue weighted by Gasteiger charge is -2.30. The van der Waals surface area contributed by atoms with Crippen molar-refractivity contribution in [1.82, 2.24) is 5.32 Å². The quantitative estimate of drug-likeness (QED) is 0.766. The van der Waals surface area contributed by atoms with E-state index in [0.717, 1.165) is 12.3 Å². The maximum atomic E-state index is 11.1. The molecule has 1 aliphatic carbocycles. The molecule has 4 heteroatoms. The van der Waals surface area contributed by atoms with Gasteiger partial charge in [0.05, 0.1) is 0 Å². The van der Waals surface area contributed by atoms with Crippen LogP contribution in [0.4, 0.5) is 0 Å². The molecule has 0 aromatic heterocycles. The van der Waals surface area contributed by atoms with E-state index in [1.54, 1.807) is 0 Å². The van der Waals surface area contributed by atoms with Gasteiger partial charge in [-0.3, -0.25) is 9.59 Å². The van der Waals surface area contributed by atoms with Gasteiger partial charge in [0.1, 0.15) is 0 Å². The second-order valence-corrected chi connectivity index (χ2v) is 5.70. The van der Waals surface area contributed by atoms with Gasteiger partial charge in [-0.1, -0.05) is 26.2 Å². The number of carboxylic acid groups (broad SMARTS) is 1. The molecule has 0 heterocycles. The molecule has 1 amide bonds. The first-order valence-electron chi connectivity index (χ1n) is 6.96. The minimum absolute atomic E-state index is 0.0221. The Morgan fingerprint density at radius 1 is 1.39 bits per heavy atom. The maximum absolute atomic E-state index is 11.1. The Hall–Kier alpha value is -1.06. The number of carboxylic acids is 1. The first kappa shape index (κ1) is 15.0. The van der Waals surface area contributed by atoms with E-state index in [1.165, 1.54) is 32.6 Å². The molecule has 0 saturated heterocycles. The SMILES string of the molecule is CC(=O)NC(CCC(=O)O)CC1CCCC(C)C1. The molecule has 0 aliphatic heterocycles. The smallest absolute Gasteiger partial charge is 0.303 e. The molecule has 0 aromatic carbocycles. The summed E-state index contributed by atoms with van der Waals surface area (Å²) < 4.78 is 0. The van der Waals surface area contributed by atoms with Crippen LogP contribution >= 0.6 is 0 Å². The Balaban J connectivity index is 2.43.